The minimum Gasteiger partial charge on any atom is -0.493 e. The van der Waals surface area contributed by atoms with Crippen molar-refractivity contribution in [2.24, 2.45) is 0 Å². The van der Waals surface area contributed by atoms with Gasteiger partial charge in [0, 0.05) is 0 Å². The van der Waals surface area contributed by atoms with Crippen LogP contribution in [-0.4, -0.2) is 20.1 Å². The minimum atomic E-state index is -0.278. The molecule has 1 N–H and O–H groups in total. The number of fused-ring (bicyclic) bond motifs is 1. The summed E-state index contributed by atoms with van der Waals surface area (Å²) in [6.45, 7) is 1.91. The van der Waals surface area contributed by atoms with Crippen molar-refractivity contribution in [2.45, 2.75) is 13.0 Å². The Bertz CT molecular complexity index is 998. The molecule has 0 aliphatic carbocycles. The Morgan fingerprint density at radius 2 is 1.81 bits per heavy atom. The second kappa shape index (κ2) is 7.58. The van der Waals surface area contributed by atoms with Crippen molar-refractivity contribution < 1.29 is 14.3 Å². The summed E-state index contributed by atoms with van der Waals surface area (Å²) < 4.78 is 10.3. The van der Waals surface area contributed by atoms with E-state index in [0.29, 0.717) is 27.1 Å². The molecule has 0 aliphatic heterocycles. The molecule has 1 unspecified atom stereocenters. The van der Waals surface area contributed by atoms with Crippen LogP contribution in [0.25, 0.3) is 10.8 Å². The fourth-order valence-electron chi connectivity index (χ4n) is 2.80. The highest BCUT2D eigenvalue weighted by Crippen LogP contribution is 2.34. The molecule has 3 rings (SSSR count). The lowest BCUT2D eigenvalue weighted by molar-refractivity contribution is 0.0944. The van der Waals surface area contributed by atoms with Gasteiger partial charge in [0.25, 0.3) is 5.91 Å². The molecule has 0 bridgehead atoms. The van der Waals surface area contributed by atoms with Gasteiger partial charge in [0.2, 0.25) is 4.74 Å². The summed E-state index contributed by atoms with van der Waals surface area (Å²) in [5.74, 6) is 0.593. The number of hydrogen-bond donors (Lipinski definition) is 1. The maximum Gasteiger partial charge on any atom is 0.261 e. The zero-order chi connectivity index (χ0) is 18.7. The molecule has 1 aromatic heterocycles. The summed E-state index contributed by atoms with van der Waals surface area (Å²) in [6, 6.07) is 14.7. The standard InChI is InChI=1S/C20H19NO4S/c1-12(13-7-5-4-6-8-13)21-19(22)16-11-14-9-10-15(24-2)18(25-3)17(14)20(23)26-16/h4-12H,1-3H3,(H,21,22). The third kappa shape index (κ3) is 3.41. The lowest BCUT2D eigenvalue weighted by Crippen LogP contribution is -2.26. The second-order valence-electron chi connectivity index (χ2n) is 5.77. The number of nitrogens with one attached hydrogen (secondary N) is 1. The normalized spacial score (nSPS) is 11.8. The van der Waals surface area contributed by atoms with Gasteiger partial charge in [-0.25, -0.2) is 0 Å². The van der Waals surface area contributed by atoms with Gasteiger partial charge in [-0.1, -0.05) is 47.7 Å². The first-order chi connectivity index (χ1) is 12.5. The van der Waals surface area contributed by atoms with E-state index in [4.69, 9.17) is 9.47 Å². The van der Waals surface area contributed by atoms with Crippen molar-refractivity contribution in [3.8, 4) is 11.5 Å². The van der Waals surface area contributed by atoms with E-state index in [1.807, 2.05) is 37.3 Å². The zero-order valence-corrected chi connectivity index (χ0v) is 15.6. The fraction of sp³-hybridized carbons (Fsp3) is 0.200. The summed E-state index contributed by atoms with van der Waals surface area (Å²) in [6.07, 6.45) is 0. The van der Waals surface area contributed by atoms with Crippen molar-refractivity contribution >= 4 is 28.0 Å². The highest BCUT2D eigenvalue weighted by atomic mass is 32.1. The number of ether oxygens (including phenoxy) is 2. The van der Waals surface area contributed by atoms with Crippen LogP contribution in [0, 0.1) is 0 Å². The highest BCUT2D eigenvalue weighted by Gasteiger charge is 2.17. The first-order valence-corrected chi connectivity index (χ1v) is 8.91. The van der Waals surface area contributed by atoms with Gasteiger partial charge in [0.1, 0.15) is 0 Å². The van der Waals surface area contributed by atoms with Crippen LogP contribution in [0.3, 0.4) is 0 Å². The molecule has 6 heteroatoms. The van der Waals surface area contributed by atoms with E-state index in [9.17, 15) is 9.59 Å². The van der Waals surface area contributed by atoms with Gasteiger partial charge < -0.3 is 14.8 Å². The Labute approximate surface area is 155 Å². The van der Waals surface area contributed by atoms with E-state index in [0.717, 1.165) is 16.9 Å². The van der Waals surface area contributed by atoms with E-state index < -0.39 is 0 Å². The molecule has 1 amide bonds. The quantitative estimate of drug-likeness (QED) is 0.744. The molecular formula is C20H19NO4S. The van der Waals surface area contributed by atoms with Gasteiger partial charge in [-0.2, -0.15) is 0 Å². The Morgan fingerprint density at radius 1 is 1.08 bits per heavy atom. The molecule has 0 saturated carbocycles. The highest BCUT2D eigenvalue weighted by molar-refractivity contribution is 7.12. The summed E-state index contributed by atoms with van der Waals surface area (Å²) in [4.78, 5) is 25.6. The average molecular weight is 369 g/mol. The van der Waals surface area contributed by atoms with Crippen LogP contribution in [0.4, 0.5) is 0 Å². The number of methoxy groups -OCH3 is 2. The van der Waals surface area contributed by atoms with Crippen molar-refractivity contribution in [3.05, 3.63) is 68.5 Å². The van der Waals surface area contributed by atoms with Crippen LogP contribution < -0.4 is 19.5 Å². The van der Waals surface area contributed by atoms with Gasteiger partial charge in [-0.3, -0.25) is 9.59 Å². The third-order valence-corrected chi connectivity index (χ3v) is 5.05. The van der Waals surface area contributed by atoms with E-state index in [2.05, 4.69) is 5.32 Å². The predicted molar refractivity (Wildman–Crippen MR) is 104 cm³/mol. The van der Waals surface area contributed by atoms with Gasteiger partial charge >= 0.3 is 0 Å². The van der Waals surface area contributed by atoms with Crippen LogP contribution in [0.1, 0.15) is 28.2 Å². The molecular weight excluding hydrogens is 350 g/mol. The van der Waals surface area contributed by atoms with Crippen LogP contribution in [0.2, 0.25) is 0 Å². The van der Waals surface area contributed by atoms with Gasteiger partial charge in [0.05, 0.1) is 30.5 Å². The molecule has 0 radical (unpaired) electrons. The van der Waals surface area contributed by atoms with Gasteiger partial charge in [-0.05, 0) is 30.0 Å². The van der Waals surface area contributed by atoms with Crippen molar-refractivity contribution in [1.29, 1.82) is 0 Å². The Hall–Kier alpha value is -2.86. The number of rotatable bonds is 5. The van der Waals surface area contributed by atoms with E-state index >= 15 is 0 Å². The topological polar surface area (TPSA) is 64.6 Å². The number of benzene rings is 2. The Balaban J connectivity index is 1.96. The van der Waals surface area contributed by atoms with Crippen molar-refractivity contribution in [3.63, 3.8) is 0 Å². The van der Waals surface area contributed by atoms with Gasteiger partial charge in [0.15, 0.2) is 11.5 Å². The molecule has 134 valence electrons. The van der Waals surface area contributed by atoms with Gasteiger partial charge in [-0.15, -0.1) is 0 Å². The molecule has 1 heterocycles. The number of carbonyl (C=O) groups is 1. The summed E-state index contributed by atoms with van der Waals surface area (Å²) in [7, 11) is 3.01. The molecule has 0 aliphatic rings. The monoisotopic (exact) mass is 369 g/mol. The maximum atomic E-state index is 12.6. The first-order valence-electron chi connectivity index (χ1n) is 8.09. The molecule has 26 heavy (non-hydrogen) atoms. The van der Waals surface area contributed by atoms with E-state index in [1.165, 1.54) is 14.2 Å². The molecule has 1 atom stereocenters. The average Bonchev–Trinajstić information content (AvgIpc) is 2.67. The third-order valence-electron chi connectivity index (χ3n) is 4.14. The summed E-state index contributed by atoms with van der Waals surface area (Å²) in [5.41, 5.74) is 1.00. The smallest absolute Gasteiger partial charge is 0.261 e. The predicted octanol–water partition coefficient (Wildman–Crippen LogP) is 3.77. The fourth-order valence-corrected chi connectivity index (χ4v) is 3.65. The van der Waals surface area contributed by atoms with Crippen LogP contribution in [-0.2, 0) is 0 Å². The number of carbonyl (C=O) groups excluding carboxylic acids is 1. The Kier molecular flexibility index (Phi) is 5.23. The molecule has 0 spiro atoms. The van der Waals surface area contributed by atoms with Crippen LogP contribution in [0.5, 0.6) is 11.5 Å². The maximum absolute atomic E-state index is 12.6. The molecule has 0 fully saturated rings. The lowest BCUT2D eigenvalue weighted by Gasteiger charge is -2.14. The zero-order valence-electron chi connectivity index (χ0n) is 14.7. The van der Waals surface area contributed by atoms with E-state index in [-0.39, 0.29) is 16.7 Å². The molecule has 0 saturated heterocycles. The molecule has 3 aromatic rings. The molecule has 2 aromatic carbocycles. The summed E-state index contributed by atoms with van der Waals surface area (Å²) >= 11 is 0.898. The van der Waals surface area contributed by atoms with Crippen LogP contribution >= 0.6 is 11.3 Å². The lowest BCUT2D eigenvalue weighted by atomic mass is 10.1. The number of hydrogen-bond acceptors (Lipinski definition) is 5. The Morgan fingerprint density at radius 3 is 2.46 bits per heavy atom. The van der Waals surface area contributed by atoms with Crippen molar-refractivity contribution in [2.75, 3.05) is 14.2 Å². The largest absolute Gasteiger partial charge is 0.493 e. The van der Waals surface area contributed by atoms with E-state index in [1.54, 1.807) is 18.2 Å². The minimum absolute atomic E-state index is 0.160. The van der Waals surface area contributed by atoms with Crippen LogP contribution in [0.15, 0.2) is 53.3 Å². The summed E-state index contributed by atoms with van der Waals surface area (Å²) in [5, 5.41) is 4.00. The second-order valence-corrected chi connectivity index (χ2v) is 6.78. The molecule has 5 nitrogen and oxygen atoms in total. The number of amides is 1. The van der Waals surface area contributed by atoms with Crippen molar-refractivity contribution in [1.82, 2.24) is 5.32 Å². The SMILES string of the molecule is COc1ccc2cc(C(=O)NC(C)c3ccccc3)sc(=O)c2c1OC. The first kappa shape index (κ1) is 17.9.